The molecule has 1 aromatic carbocycles. The fourth-order valence-corrected chi connectivity index (χ4v) is 3.71. The lowest BCUT2D eigenvalue weighted by atomic mass is 9.97. The maximum Gasteiger partial charge on any atom is 0.254 e. The van der Waals surface area contributed by atoms with Crippen LogP contribution in [0.4, 0.5) is 0 Å². The van der Waals surface area contributed by atoms with Crippen LogP contribution in [0.5, 0.6) is 0 Å². The van der Waals surface area contributed by atoms with Crippen molar-refractivity contribution in [2.45, 2.75) is 50.7 Å². The third-order valence-corrected chi connectivity index (χ3v) is 5.22. The Morgan fingerprint density at radius 2 is 1.90 bits per heavy atom. The highest BCUT2D eigenvalue weighted by molar-refractivity contribution is 6.31. The molecular formula is C16H22Cl2N2O. The van der Waals surface area contributed by atoms with E-state index in [0.29, 0.717) is 23.1 Å². The van der Waals surface area contributed by atoms with Gasteiger partial charge in [0.25, 0.3) is 5.91 Å². The second-order valence-electron chi connectivity index (χ2n) is 6.09. The summed E-state index contributed by atoms with van der Waals surface area (Å²) in [6, 6.07) is 7.08. The largest absolute Gasteiger partial charge is 0.339 e. The number of amides is 1. The molecule has 2 aliphatic rings. The van der Waals surface area contributed by atoms with E-state index in [0.717, 1.165) is 24.0 Å². The molecule has 2 unspecified atom stereocenters. The Labute approximate surface area is 137 Å². The number of carbonyl (C=O) groups excluding carboxylic acids is 1. The predicted octanol–water partition coefficient (Wildman–Crippen LogP) is 3.43. The molecule has 3 nitrogen and oxygen atoms in total. The first kappa shape index (κ1) is 16.6. The molecule has 116 valence electrons. The zero-order chi connectivity index (χ0) is 14.3. The van der Waals surface area contributed by atoms with Crippen LogP contribution in [-0.2, 0) is 0 Å². The first-order chi connectivity index (χ1) is 9.56. The molecule has 2 bridgehead atoms. The van der Waals surface area contributed by atoms with E-state index in [1.54, 1.807) is 0 Å². The summed E-state index contributed by atoms with van der Waals surface area (Å²) in [4.78, 5) is 14.6. The number of carbonyl (C=O) groups is 1. The van der Waals surface area contributed by atoms with Crippen molar-refractivity contribution in [3.8, 4) is 0 Å². The van der Waals surface area contributed by atoms with E-state index in [1.807, 2.05) is 37.1 Å². The van der Waals surface area contributed by atoms with Gasteiger partial charge < -0.3 is 10.2 Å². The lowest BCUT2D eigenvalue weighted by Crippen LogP contribution is -2.48. The van der Waals surface area contributed by atoms with Gasteiger partial charge in [-0.2, -0.15) is 0 Å². The highest BCUT2D eigenvalue weighted by Gasteiger charge is 2.36. The molecule has 2 saturated heterocycles. The molecular weight excluding hydrogens is 307 g/mol. The zero-order valence-corrected chi connectivity index (χ0v) is 14.0. The summed E-state index contributed by atoms with van der Waals surface area (Å²) < 4.78 is 0. The zero-order valence-electron chi connectivity index (χ0n) is 12.4. The highest BCUT2D eigenvalue weighted by atomic mass is 35.5. The van der Waals surface area contributed by atoms with Gasteiger partial charge in [0.1, 0.15) is 0 Å². The van der Waals surface area contributed by atoms with Crippen LogP contribution in [-0.4, -0.2) is 36.0 Å². The van der Waals surface area contributed by atoms with Gasteiger partial charge in [-0.15, -0.1) is 12.4 Å². The molecule has 2 atom stereocenters. The molecule has 0 radical (unpaired) electrons. The van der Waals surface area contributed by atoms with Crippen LogP contribution >= 0.6 is 24.0 Å². The van der Waals surface area contributed by atoms with Gasteiger partial charge in [0.2, 0.25) is 0 Å². The summed E-state index contributed by atoms with van der Waals surface area (Å²) in [5.41, 5.74) is 1.61. The van der Waals surface area contributed by atoms with Gasteiger partial charge >= 0.3 is 0 Å². The lowest BCUT2D eigenvalue weighted by molar-refractivity contribution is 0.0681. The average Bonchev–Trinajstić information content (AvgIpc) is 2.79. The second-order valence-corrected chi connectivity index (χ2v) is 6.50. The van der Waals surface area contributed by atoms with Gasteiger partial charge in [0.05, 0.1) is 0 Å². The van der Waals surface area contributed by atoms with Crippen molar-refractivity contribution < 1.29 is 4.79 Å². The summed E-state index contributed by atoms with van der Waals surface area (Å²) >= 11 is 6.12. The molecule has 0 aliphatic carbocycles. The van der Waals surface area contributed by atoms with Gasteiger partial charge in [-0.05, 0) is 50.3 Å². The molecule has 2 heterocycles. The number of hydrogen-bond donors (Lipinski definition) is 1. The van der Waals surface area contributed by atoms with Crippen LogP contribution in [0.3, 0.4) is 0 Å². The minimum Gasteiger partial charge on any atom is -0.339 e. The topological polar surface area (TPSA) is 32.3 Å². The van der Waals surface area contributed by atoms with E-state index < -0.39 is 0 Å². The Kier molecular flexibility index (Phi) is 5.18. The molecule has 2 aliphatic heterocycles. The van der Waals surface area contributed by atoms with Crippen LogP contribution in [0, 0.1) is 6.92 Å². The SMILES string of the molecule is Cc1c(Cl)cccc1C(=O)N(C)C1CC2CCC(C1)N2.Cl. The summed E-state index contributed by atoms with van der Waals surface area (Å²) in [5.74, 6) is 0.0938. The van der Waals surface area contributed by atoms with Crippen LogP contribution in [0.15, 0.2) is 18.2 Å². The number of piperidine rings is 1. The fraction of sp³-hybridized carbons (Fsp3) is 0.562. The minimum atomic E-state index is 0. The van der Waals surface area contributed by atoms with Crippen LogP contribution < -0.4 is 5.32 Å². The van der Waals surface area contributed by atoms with Crippen molar-refractivity contribution >= 4 is 29.9 Å². The van der Waals surface area contributed by atoms with E-state index in [4.69, 9.17) is 11.6 Å². The number of nitrogens with one attached hydrogen (secondary N) is 1. The number of nitrogens with zero attached hydrogens (tertiary/aromatic N) is 1. The summed E-state index contributed by atoms with van der Waals surface area (Å²) in [7, 11) is 1.93. The molecule has 0 spiro atoms. The van der Waals surface area contributed by atoms with Gasteiger partial charge in [0, 0.05) is 35.8 Å². The maximum atomic E-state index is 12.7. The fourth-order valence-electron chi connectivity index (χ4n) is 3.54. The van der Waals surface area contributed by atoms with Gasteiger partial charge in [-0.3, -0.25) is 4.79 Å². The molecule has 1 aromatic rings. The van der Waals surface area contributed by atoms with Crippen LogP contribution in [0.25, 0.3) is 0 Å². The Morgan fingerprint density at radius 3 is 2.52 bits per heavy atom. The van der Waals surface area contributed by atoms with E-state index in [1.165, 1.54) is 12.8 Å². The minimum absolute atomic E-state index is 0. The number of fused-ring (bicyclic) bond motifs is 2. The van der Waals surface area contributed by atoms with Crippen LogP contribution in [0.2, 0.25) is 5.02 Å². The number of rotatable bonds is 2. The Balaban J connectivity index is 0.00000161. The van der Waals surface area contributed by atoms with Crippen molar-refractivity contribution in [2.75, 3.05) is 7.05 Å². The number of benzene rings is 1. The molecule has 2 fully saturated rings. The summed E-state index contributed by atoms with van der Waals surface area (Å²) in [6.45, 7) is 1.91. The first-order valence-electron chi connectivity index (χ1n) is 7.34. The normalized spacial score (nSPS) is 27.1. The smallest absolute Gasteiger partial charge is 0.254 e. The summed E-state index contributed by atoms with van der Waals surface area (Å²) in [5, 5.41) is 4.28. The van der Waals surface area contributed by atoms with Gasteiger partial charge in [0.15, 0.2) is 0 Å². The number of halogens is 2. The monoisotopic (exact) mass is 328 g/mol. The quantitative estimate of drug-likeness (QED) is 0.902. The van der Waals surface area contributed by atoms with Crippen molar-refractivity contribution in [3.05, 3.63) is 34.3 Å². The molecule has 0 saturated carbocycles. The van der Waals surface area contributed by atoms with E-state index >= 15 is 0 Å². The second kappa shape index (κ2) is 6.55. The Hall–Kier alpha value is -0.770. The molecule has 3 rings (SSSR count). The Morgan fingerprint density at radius 1 is 1.29 bits per heavy atom. The molecule has 1 amide bonds. The molecule has 0 aromatic heterocycles. The third-order valence-electron chi connectivity index (χ3n) is 4.81. The predicted molar refractivity (Wildman–Crippen MR) is 88.5 cm³/mol. The van der Waals surface area contributed by atoms with Crippen molar-refractivity contribution in [2.24, 2.45) is 0 Å². The molecule has 1 N–H and O–H groups in total. The first-order valence-corrected chi connectivity index (χ1v) is 7.72. The maximum absolute atomic E-state index is 12.7. The lowest BCUT2D eigenvalue weighted by Gasteiger charge is -2.35. The standard InChI is InChI=1S/C16H21ClN2O.ClH/c1-10-14(4-3-5-15(10)17)16(20)19(2)13-8-11-6-7-12(9-13)18-11;/h3-5,11-13,18H,6-9H2,1-2H3;1H. The van der Waals surface area contributed by atoms with Crippen LogP contribution in [0.1, 0.15) is 41.6 Å². The van der Waals surface area contributed by atoms with E-state index in [9.17, 15) is 4.79 Å². The van der Waals surface area contributed by atoms with Gasteiger partial charge in [-0.1, -0.05) is 17.7 Å². The summed E-state index contributed by atoms with van der Waals surface area (Å²) in [6.07, 6.45) is 4.63. The van der Waals surface area contributed by atoms with Crippen molar-refractivity contribution in [1.82, 2.24) is 10.2 Å². The highest BCUT2D eigenvalue weighted by Crippen LogP contribution is 2.30. The molecule has 21 heavy (non-hydrogen) atoms. The van der Waals surface area contributed by atoms with Gasteiger partial charge in [-0.25, -0.2) is 0 Å². The van der Waals surface area contributed by atoms with E-state index in [-0.39, 0.29) is 18.3 Å². The average molecular weight is 329 g/mol. The van der Waals surface area contributed by atoms with Crippen molar-refractivity contribution in [3.63, 3.8) is 0 Å². The Bertz CT molecular complexity index is 523. The third kappa shape index (κ3) is 3.20. The van der Waals surface area contributed by atoms with E-state index in [2.05, 4.69) is 5.32 Å². The molecule has 5 heteroatoms. The number of hydrogen-bond acceptors (Lipinski definition) is 2. The van der Waals surface area contributed by atoms with Crippen molar-refractivity contribution in [1.29, 1.82) is 0 Å².